The maximum Gasteiger partial charge on any atom is 0.317 e. The van der Waals surface area contributed by atoms with Gasteiger partial charge in [0, 0.05) is 11.8 Å². The predicted octanol–water partition coefficient (Wildman–Crippen LogP) is 3.68. The van der Waals surface area contributed by atoms with E-state index >= 15 is 0 Å². The lowest BCUT2D eigenvalue weighted by Gasteiger charge is -2.46. The summed E-state index contributed by atoms with van der Waals surface area (Å²) in [7, 11) is 0. The van der Waals surface area contributed by atoms with Crippen molar-refractivity contribution in [1.29, 1.82) is 0 Å². The van der Waals surface area contributed by atoms with E-state index in [-0.39, 0.29) is 35.6 Å². The van der Waals surface area contributed by atoms with Crippen LogP contribution in [-0.2, 0) is 14.3 Å². The van der Waals surface area contributed by atoms with E-state index in [9.17, 15) is 9.59 Å². The second-order valence-electron chi connectivity index (χ2n) is 7.54. The molecule has 5 aliphatic rings. The van der Waals surface area contributed by atoms with Crippen LogP contribution in [0.5, 0.6) is 0 Å². The molecule has 2 aromatic carbocycles. The van der Waals surface area contributed by atoms with Crippen LogP contribution >= 0.6 is 0 Å². The van der Waals surface area contributed by atoms with Gasteiger partial charge in [-0.05, 0) is 35.1 Å². The fraction of sp³-hybridized carbons (Fsp3) is 0.273. The molecular formula is C22H16O3. The molecule has 1 saturated heterocycles. The van der Waals surface area contributed by atoms with Crippen molar-refractivity contribution in [2.75, 3.05) is 0 Å². The molecular weight excluding hydrogens is 312 g/mol. The summed E-state index contributed by atoms with van der Waals surface area (Å²) in [6.45, 7) is 0. The molecule has 2 aromatic rings. The van der Waals surface area contributed by atoms with Gasteiger partial charge in [0.05, 0.1) is 11.8 Å². The topological polar surface area (TPSA) is 43.4 Å². The fourth-order valence-corrected chi connectivity index (χ4v) is 5.53. The summed E-state index contributed by atoms with van der Waals surface area (Å²) in [5.41, 5.74) is 8.16. The number of fused-ring (bicyclic) bond motifs is 1. The van der Waals surface area contributed by atoms with Crippen molar-refractivity contribution in [3.63, 3.8) is 0 Å². The largest absolute Gasteiger partial charge is 0.393 e. The molecule has 0 N–H and O–H groups in total. The number of hydrogen-bond donors (Lipinski definition) is 0. The molecule has 0 saturated carbocycles. The van der Waals surface area contributed by atoms with Crippen LogP contribution in [0.15, 0.2) is 59.7 Å². The molecule has 1 aliphatic heterocycles. The third-order valence-corrected chi connectivity index (χ3v) is 6.52. The van der Waals surface area contributed by atoms with Gasteiger partial charge < -0.3 is 4.74 Å². The number of hydrogen-bond acceptors (Lipinski definition) is 3. The van der Waals surface area contributed by atoms with Crippen LogP contribution in [0, 0.1) is 11.8 Å². The molecule has 25 heavy (non-hydrogen) atoms. The minimum Gasteiger partial charge on any atom is -0.393 e. The van der Waals surface area contributed by atoms with Crippen molar-refractivity contribution in [2.45, 2.75) is 24.7 Å². The van der Waals surface area contributed by atoms with Crippen LogP contribution in [-0.4, -0.2) is 11.9 Å². The molecule has 3 heteroatoms. The molecule has 4 aliphatic carbocycles. The number of carbonyl (C=O) groups excluding carboxylic acids is 2. The van der Waals surface area contributed by atoms with Crippen molar-refractivity contribution in [1.82, 2.24) is 0 Å². The molecule has 122 valence electrons. The SMILES string of the molecule is O=C1OC(=O)[C@@H]2CC3=C(C[C@H]12)C1c2ccccc2C3c2ccccc21. The lowest BCUT2D eigenvalue weighted by Crippen LogP contribution is -2.35. The van der Waals surface area contributed by atoms with Crippen LogP contribution in [0.1, 0.15) is 46.9 Å². The second kappa shape index (κ2) is 4.48. The highest BCUT2D eigenvalue weighted by Gasteiger charge is 2.53. The lowest BCUT2D eigenvalue weighted by molar-refractivity contribution is -0.153. The third-order valence-electron chi connectivity index (χ3n) is 6.52. The Morgan fingerprint density at radius 2 is 1.00 bits per heavy atom. The van der Waals surface area contributed by atoms with E-state index in [0.29, 0.717) is 12.8 Å². The van der Waals surface area contributed by atoms with Gasteiger partial charge in [-0.15, -0.1) is 0 Å². The van der Waals surface area contributed by atoms with E-state index in [1.807, 2.05) is 0 Å². The van der Waals surface area contributed by atoms with Crippen molar-refractivity contribution >= 4 is 11.9 Å². The Morgan fingerprint density at radius 3 is 1.36 bits per heavy atom. The lowest BCUT2D eigenvalue weighted by atomic mass is 9.56. The summed E-state index contributed by atoms with van der Waals surface area (Å²) in [6, 6.07) is 17.3. The van der Waals surface area contributed by atoms with Crippen molar-refractivity contribution in [3.8, 4) is 0 Å². The Hall–Kier alpha value is -2.68. The minimum atomic E-state index is -0.329. The maximum absolute atomic E-state index is 12.1. The molecule has 1 fully saturated rings. The van der Waals surface area contributed by atoms with E-state index < -0.39 is 0 Å². The van der Waals surface area contributed by atoms with Gasteiger partial charge in [-0.3, -0.25) is 9.59 Å². The quantitative estimate of drug-likeness (QED) is 0.421. The van der Waals surface area contributed by atoms with E-state index in [1.165, 1.54) is 33.4 Å². The van der Waals surface area contributed by atoms with Gasteiger partial charge in [0.15, 0.2) is 0 Å². The van der Waals surface area contributed by atoms with E-state index in [4.69, 9.17) is 4.74 Å². The van der Waals surface area contributed by atoms with E-state index in [1.54, 1.807) is 0 Å². The predicted molar refractivity (Wildman–Crippen MR) is 90.9 cm³/mol. The first kappa shape index (κ1) is 13.6. The number of allylic oxidation sites excluding steroid dienone is 2. The molecule has 1 heterocycles. The van der Waals surface area contributed by atoms with Gasteiger partial charge in [0.25, 0.3) is 0 Å². The number of cyclic esters (lactones) is 2. The Morgan fingerprint density at radius 1 is 0.640 bits per heavy atom. The number of carbonyl (C=O) groups is 2. The van der Waals surface area contributed by atoms with Crippen LogP contribution in [0.4, 0.5) is 0 Å². The molecule has 3 nitrogen and oxygen atoms in total. The van der Waals surface area contributed by atoms with Crippen LogP contribution in [0.25, 0.3) is 0 Å². The van der Waals surface area contributed by atoms with Gasteiger partial charge >= 0.3 is 11.9 Å². The summed E-state index contributed by atoms with van der Waals surface area (Å²) < 4.78 is 4.95. The molecule has 0 radical (unpaired) electrons. The maximum atomic E-state index is 12.1. The smallest absolute Gasteiger partial charge is 0.317 e. The van der Waals surface area contributed by atoms with Gasteiger partial charge in [-0.25, -0.2) is 0 Å². The molecule has 0 aromatic heterocycles. The van der Waals surface area contributed by atoms with Crippen molar-refractivity contribution in [2.24, 2.45) is 11.8 Å². The van der Waals surface area contributed by atoms with E-state index in [2.05, 4.69) is 48.5 Å². The monoisotopic (exact) mass is 328 g/mol. The average molecular weight is 328 g/mol. The summed E-state index contributed by atoms with van der Waals surface area (Å²) in [5, 5.41) is 0. The molecule has 7 rings (SSSR count). The Bertz CT molecular complexity index is 874. The van der Waals surface area contributed by atoms with E-state index in [0.717, 1.165) is 0 Å². The molecule has 0 amide bonds. The normalized spacial score (nSPS) is 31.2. The summed E-state index contributed by atoms with van der Waals surface area (Å²) in [4.78, 5) is 24.3. The van der Waals surface area contributed by atoms with Crippen LogP contribution < -0.4 is 0 Å². The van der Waals surface area contributed by atoms with Gasteiger partial charge in [0.1, 0.15) is 0 Å². The number of esters is 2. The molecule has 0 spiro atoms. The first-order valence-corrected chi connectivity index (χ1v) is 8.89. The molecule has 0 unspecified atom stereocenters. The van der Waals surface area contributed by atoms with Gasteiger partial charge in [-0.1, -0.05) is 59.7 Å². The zero-order valence-corrected chi connectivity index (χ0v) is 13.6. The zero-order valence-electron chi connectivity index (χ0n) is 13.6. The highest BCUT2D eigenvalue weighted by molar-refractivity contribution is 5.97. The second-order valence-corrected chi connectivity index (χ2v) is 7.54. The molecule has 2 bridgehead atoms. The highest BCUT2D eigenvalue weighted by atomic mass is 16.6. The Kier molecular flexibility index (Phi) is 2.44. The number of benzene rings is 2. The first-order valence-electron chi connectivity index (χ1n) is 8.89. The minimum absolute atomic E-state index is 0.219. The van der Waals surface area contributed by atoms with Gasteiger partial charge in [0.2, 0.25) is 0 Å². The zero-order chi connectivity index (χ0) is 16.7. The molecule has 2 atom stereocenters. The summed E-state index contributed by atoms with van der Waals surface area (Å²) in [6.07, 6.45) is 1.32. The van der Waals surface area contributed by atoms with Gasteiger partial charge in [-0.2, -0.15) is 0 Å². The van der Waals surface area contributed by atoms with Crippen molar-refractivity contribution < 1.29 is 14.3 Å². The summed E-state index contributed by atoms with van der Waals surface area (Å²) in [5.74, 6) is -0.794. The Labute approximate surface area is 145 Å². The van der Waals surface area contributed by atoms with Crippen LogP contribution in [0.3, 0.4) is 0 Å². The number of rotatable bonds is 0. The fourth-order valence-electron chi connectivity index (χ4n) is 5.53. The average Bonchev–Trinajstić information content (AvgIpc) is 2.93. The standard InChI is InChI=1S/C22H16O3/c23-21-17-9-15-16(10-18(17)22(24)25-21)20-12-6-2-1-5-11(12)19(15)13-7-3-4-8-14(13)20/h1-8,17-20H,9-10H2/t17-,18+,19?,20?. The Balaban J connectivity index is 1.60. The highest BCUT2D eigenvalue weighted by Crippen LogP contribution is 2.60. The van der Waals surface area contributed by atoms with Crippen molar-refractivity contribution in [3.05, 3.63) is 81.9 Å². The summed E-state index contributed by atoms with van der Waals surface area (Å²) >= 11 is 0. The number of ether oxygens (including phenoxy) is 1. The third kappa shape index (κ3) is 1.56. The van der Waals surface area contributed by atoms with Crippen LogP contribution in [0.2, 0.25) is 0 Å². The first-order chi connectivity index (χ1) is 12.2.